The molecule has 0 amide bonds. The van der Waals surface area contributed by atoms with Gasteiger partial charge in [-0.05, 0) is 6.07 Å². The van der Waals surface area contributed by atoms with E-state index in [0.29, 0.717) is 12.5 Å². The molecule has 0 aliphatic carbocycles. The molecule has 0 saturated carbocycles. The highest BCUT2D eigenvalue weighted by atomic mass is 31.0. The van der Waals surface area contributed by atoms with Crippen molar-refractivity contribution in [1.82, 2.24) is 10.2 Å². The van der Waals surface area contributed by atoms with Crippen LogP contribution in [0.15, 0.2) is 6.07 Å². The number of ether oxygens (including phenoxy) is 1. The molecule has 1 aromatic rings. The van der Waals surface area contributed by atoms with Crippen molar-refractivity contribution in [2.45, 2.75) is 20.0 Å². The quantitative estimate of drug-likeness (QED) is 0.684. The molecular weight excluding hydrogens is 209 g/mol. The maximum atomic E-state index is 5.37. The largest absolute Gasteiger partial charge is 0.473 e. The van der Waals surface area contributed by atoms with Crippen LogP contribution in [0.4, 0.5) is 5.69 Å². The fourth-order valence-corrected chi connectivity index (χ4v) is 1.48. The minimum absolute atomic E-state index is 0.649. The molecule has 0 saturated heterocycles. The summed E-state index contributed by atoms with van der Waals surface area (Å²) in [5, 5.41) is 8.04. The molecule has 1 aliphatic rings. The van der Waals surface area contributed by atoms with E-state index in [9.17, 15) is 0 Å². The van der Waals surface area contributed by atoms with Crippen LogP contribution < -0.4 is 9.64 Å². The molecule has 4 nitrogen and oxygen atoms in total. The van der Waals surface area contributed by atoms with Crippen LogP contribution in [0, 0.1) is 0 Å². The lowest BCUT2D eigenvalue weighted by Gasteiger charge is -2.26. The lowest BCUT2D eigenvalue weighted by Crippen LogP contribution is -2.29. The third-order valence-corrected chi connectivity index (χ3v) is 2.50. The zero-order valence-corrected chi connectivity index (χ0v) is 10.7. The summed E-state index contributed by atoms with van der Waals surface area (Å²) >= 11 is 0. The van der Waals surface area contributed by atoms with Gasteiger partial charge in [0.2, 0.25) is 0 Å². The molecule has 1 aliphatic heterocycles. The van der Waals surface area contributed by atoms with E-state index in [1.54, 1.807) is 0 Å². The maximum absolute atomic E-state index is 5.37. The third kappa shape index (κ3) is 2.78. The van der Waals surface area contributed by atoms with E-state index in [2.05, 4.69) is 24.3 Å². The Labute approximate surface area is 93.2 Å². The summed E-state index contributed by atoms with van der Waals surface area (Å²) in [7, 11) is 4.67. The predicted molar refractivity (Wildman–Crippen MR) is 65.6 cm³/mol. The van der Waals surface area contributed by atoms with Crippen molar-refractivity contribution < 1.29 is 4.74 Å². The molecular formula is C10H18N3OP. The van der Waals surface area contributed by atoms with Gasteiger partial charge in [0.05, 0.1) is 12.2 Å². The SMILES string of the molecule is CC.CN1CCOc2nnc(CP)cc21. The fourth-order valence-electron chi connectivity index (χ4n) is 1.29. The lowest BCUT2D eigenvalue weighted by atomic mass is 10.3. The van der Waals surface area contributed by atoms with Crippen LogP contribution in [-0.4, -0.2) is 30.4 Å². The van der Waals surface area contributed by atoms with Crippen molar-refractivity contribution in [2.75, 3.05) is 25.1 Å². The topological polar surface area (TPSA) is 38.2 Å². The summed E-state index contributed by atoms with van der Waals surface area (Å²) in [6.45, 7) is 5.60. The Morgan fingerprint density at radius 1 is 1.47 bits per heavy atom. The van der Waals surface area contributed by atoms with Crippen LogP contribution in [0.1, 0.15) is 19.5 Å². The lowest BCUT2D eigenvalue weighted by molar-refractivity contribution is 0.294. The molecule has 0 spiro atoms. The summed E-state index contributed by atoms with van der Waals surface area (Å²) in [5.41, 5.74) is 2.01. The van der Waals surface area contributed by atoms with Gasteiger partial charge in [-0.15, -0.1) is 14.3 Å². The second-order valence-corrected chi connectivity index (χ2v) is 3.41. The van der Waals surface area contributed by atoms with Crippen molar-refractivity contribution in [3.8, 4) is 5.88 Å². The second-order valence-electron chi connectivity index (χ2n) is 3.00. The first-order chi connectivity index (χ1) is 7.31. The second kappa shape index (κ2) is 5.86. The number of rotatable bonds is 1. The van der Waals surface area contributed by atoms with Crippen LogP contribution >= 0.6 is 9.24 Å². The zero-order chi connectivity index (χ0) is 11.3. The summed E-state index contributed by atoms with van der Waals surface area (Å²) in [4.78, 5) is 2.14. The fraction of sp³-hybridized carbons (Fsp3) is 0.600. The molecule has 1 atom stereocenters. The van der Waals surface area contributed by atoms with E-state index in [-0.39, 0.29) is 0 Å². The number of anilines is 1. The number of nitrogens with zero attached hydrogens (tertiary/aromatic N) is 3. The van der Waals surface area contributed by atoms with Gasteiger partial charge in [-0.3, -0.25) is 0 Å². The van der Waals surface area contributed by atoms with Crippen molar-refractivity contribution >= 4 is 14.9 Å². The number of likely N-dealkylation sites (N-methyl/N-ethyl adjacent to an activating group) is 1. The molecule has 0 aromatic carbocycles. The zero-order valence-electron chi connectivity index (χ0n) is 9.53. The van der Waals surface area contributed by atoms with Crippen LogP contribution in [-0.2, 0) is 6.16 Å². The molecule has 0 fully saturated rings. The standard InChI is InChI=1S/C8H12N3OP.C2H6/c1-11-2-3-12-8-7(11)4-6(5-13)9-10-8;1-2/h4H,2-3,5,13H2,1H3;1-2H3. The number of aromatic nitrogens is 2. The Morgan fingerprint density at radius 2 is 2.20 bits per heavy atom. The molecule has 1 aromatic heterocycles. The van der Waals surface area contributed by atoms with Crippen LogP contribution in [0.5, 0.6) is 5.88 Å². The predicted octanol–water partition coefficient (Wildman–Crippen LogP) is 1.71. The molecule has 2 heterocycles. The van der Waals surface area contributed by atoms with Gasteiger partial charge < -0.3 is 9.64 Å². The molecule has 15 heavy (non-hydrogen) atoms. The summed E-state index contributed by atoms with van der Waals surface area (Å²) in [6, 6.07) is 2.02. The summed E-state index contributed by atoms with van der Waals surface area (Å²) < 4.78 is 5.37. The van der Waals surface area contributed by atoms with E-state index < -0.39 is 0 Å². The molecule has 0 radical (unpaired) electrons. The van der Waals surface area contributed by atoms with Crippen LogP contribution in [0.25, 0.3) is 0 Å². The van der Waals surface area contributed by atoms with Gasteiger partial charge in [-0.1, -0.05) is 13.8 Å². The number of hydrogen-bond acceptors (Lipinski definition) is 4. The highest BCUT2D eigenvalue weighted by molar-refractivity contribution is 7.15. The highest BCUT2D eigenvalue weighted by Gasteiger charge is 2.16. The van der Waals surface area contributed by atoms with Gasteiger partial charge in [0.15, 0.2) is 0 Å². The Kier molecular flexibility index (Phi) is 4.76. The number of fused-ring (bicyclic) bond motifs is 1. The average Bonchev–Trinajstić information content (AvgIpc) is 2.32. The molecule has 0 bridgehead atoms. The first-order valence-corrected chi connectivity index (χ1v) is 6.03. The highest BCUT2D eigenvalue weighted by Crippen LogP contribution is 2.28. The molecule has 1 unspecified atom stereocenters. The molecule has 2 rings (SSSR count). The van der Waals surface area contributed by atoms with Crippen molar-refractivity contribution in [2.24, 2.45) is 0 Å². The van der Waals surface area contributed by atoms with Gasteiger partial charge in [-0.2, -0.15) is 5.10 Å². The maximum Gasteiger partial charge on any atom is 0.257 e. The van der Waals surface area contributed by atoms with E-state index >= 15 is 0 Å². The first-order valence-electron chi connectivity index (χ1n) is 5.22. The normalized spacial score (nSPS) is 13.5. The molecule has 0 N–H and O–H groups in total. The van der Waals surface area contributed by atoms with Gasteiger partial charge >= 0.3 is 0 Å². The van der Waals surface area contributed by atoms with E-state index in [1.807, 2.05) is 27.0 Å². The van der Waals surface area contributed by atoms with Gasteiger partial charge in [0.1, 0.15) is 12.3 Å². The first kappa shape index (κ1) is 12.2. The molecule has 84 valence electrons. The Morgan fingerprint density at radius 3 is 2.87 bits per heavy atom. The van der Waals surface area contributed by atoms with Crippen LogP contribution in [0.3, 0.4) is 0 Å². The van der Waals surface area contributed by atoms with E-state index in [0.717, 1.165) is 24.1 Å². The average molecular weight is 227 g/mol. The van der Waals surface area contributed by atoms with E-state index in [4.69, 9.17) is 4.74 Å². The minimum Gasteiger partial charge on any atom is -0.473 e. The Balaban J connectivity index is 0.000000531. The summed E-state index contributed by atoms with van der Waals surface area (Å²) in [5.74, 6) is 0.649. The van der Waals surface area contributed by atoms with Gasteiger partial charge in [0.25, 0.3) is 5.88 Å². The smallest absolute Gasteiger partial charge is 0.257 e. The Bertz CT molecular complexity index is 320. The summed E-state index contributed by atoms with van der Waals surface area (Å²) in [6.07, 6.45) is 0.828. The van der Waals surface area contributed by atoms with E-state index in [1.165, 1.54) is 0 Å². The molecule has 5 heteroatoms. The van der Waals surface area contributed by atoms with Gasteiger partial charge in [0, 0.05) is 13.2 Å². The van der Waals surface area contributed by atoms with Crippen molar-refractivity contribution in [3.63, 3.8) is 0 Å². The number of hydrogen-bond donors (Lipinski definition) is 0. The third-order valence-electron chi connectivity index (χ3n) is 2.08. The van der Waals surface area contributed by atoms with Crippen LogP contribution in [0.2, 0.25) is 0 Å². The Hall–Kier alpha value is -0.890. The van der Waals surface area contributed by atoms with Crippen molar-refractivity contribution in [1.29, 1.82) is 0 Å². The van der Waals surface area contributed by atoms with Crippen molar-refractivity contribution in [3.05, 3.63) is 11.8 Å². The van der Waals surface area contributed by atoms with Gasteiger partial charge in [-0.25, -0.2) is 0 Å². The monoisotopic (exact) mass is 227 g/mol. The minimum atomic E-state index is 0.649.